The van der Waals surface area contributed by atoms with Crippen LogP contribution in [0.25, 0.3) is 0 Å². The van der Waals surface area contributed by atoms with E-state index in [1.807, 2.05) is 6.26 Å². The van der Waals surface area contributed by atoms with Crippen LogP contribution < -0.4 is 15.4 Å². The van der Waals surface area contributed by atoms with Crippen molar-refractivity contribution in [3.8, 4) is 5.75 Å². The van der Waals surface area contributed by atoms with Gasteiger partial charge in [-0.05, 0) is 84.3 Å². The molecule has 0 saturated carbocycles. The van der Waals surface area contributed by atoms with E-state index in [2.05, 4.69) is 46.4 Å². The van der Waals surface area contributed by atoms with Gasteiger partial charge < -0.3 is 15.2 Å². The standard InChI is InChI=1S/C20H27IN2O3S2/c1-5-10-20(25,11-6-2)17(9-12-28-4)22-19(27)23-18(24)14-7-8-16(26-3)15(21)13-14/h5-8,13,17,25H,1-2,9-12H2,3-4H3,(H2,22,23,24,27)/t17-/m1/s1. The van der Waals surface area contributed by atoms with Gasteiger partial charge in [-0.15, -0.1) is 13.2 Å². The number of rotatable bonds is 11. The monoisotopic (exact) mass is 534 g/mol. The Kier molecular flexibility index (Phi) is 11.1. The number of amides is 1. The number of ether oxygens (including phenoxy) is 1. The first-order valence-electron chi connectivity index (χ1n) is 8.69. The number of methoxy groups -OCH3 is 1. The van der Waals surface area contributed by atoms with Gasteiger partial charge in [0.25, 0.3) is 5.91 Å². The molecule has 1 amide bonds. The molecule has 0 spiro atoms. The summed E-state index contributed by atoms with van der Waals surface area (Å²) in [4.78, 5) is 12.5. The summed E-state index contributed by atoms with van der Waals surface area (Å²) in [7, 11) is 1.58. The summed E-state index contributed by atoms with van der Waals surface area (Å²) < 4.78 is 6.04. The van der Waals surface area contributed by atoms with Crippen molar-refractivity contribution in [3.63, 3.8) is 0 Å². The van der Waals surface area contributed by atoms with E-state index in [9.17, 15) is 9.90 Å². The van der Waals surface area contributed by atoms with Crippen molar-refractivity contribution in [2.75, 3.05) is 19.1 Å². The maximum atomic E-state index is 12.5. The zero-order chi connectivity index (χ0) is 21.2. The van der Waals surface area contributed by atoms with Crippen molar-refractivity contribution in [3.05, 3.63) is 52.6 Å². The molecular weight excluding hydrogens is 507 g/mol. The van der Waals surface area contributed by atoms with Crippen molar-refractivity contribution in [2.24, 2.45) is 0 Å². The molecule has 5 nitrogen and oxygen atoms in total. The number of aliphatic hydroxyl groups is 1. The second kappa shape index (κ2) is 12.5. The van der Waals surface area contributed by atoms with Crippen LogP contribution in [0.15, 0.2) is 43.5 Å². The zero-order valence-corrected chi connectivity index (χ0v) is 20.0. The number of hydrogen-bond acceptors (Lipinski definition) is 5. The third kappa shape index (κ3) is 7.38. The highest BCUT2D eigenvalue weighted by Gasteiger charge is 2.34. The largest absolute Gasteiger partial charge is 0.496 e. The number of hydrogen-bond donors (Lipinski definition) is 3. The molecule has 154 valence electrons. The van der Waals surface area contributed by atoms with Crippen LogP contribution in [0.2, 0.25) is 0 Å². The molecule has 0 aliphatic carbocycles. The molecule has 0 bridgehead atoms. The molecule has 0 aliphatic rings. The first kappa shape index (κ1) is 24.9. The normalized spacial score (nSPS) is 12.0. The zero-order valence-electron chi connectivity index (χ0n) is 16.2. The minimum Gasteiger partial charge on any atom is -0.496 e. The first-order valence-corrected chi connectivity index (χ1v) is 11.6. The Morgan fingerprint density at radius 3 is 2.57 bits per heavy atom. The van der Waals surface area contributed by atoms with Gasteiger partial charge in [0.05, 0.1) is 22.3 Å². The highest BCUT2D eigenvalue weighted by molar-refractivity contribution is 14.1. The van der Waals surface area contributed by atoms with Crippen LogP contribution in [0.3, 0.4) is 0 Å². The van der Waals surface area contributed by atoms with Gasteiger partial charge in [-0.2, -0.15) is 11.8 Å². The van der Waals surface area contributed by atoms with E-state index in [1.54, 1.807) is 49.2 Å². The topological polar surface area (TPSA) is 70.6 Å². The van der Waals surface area contributed by atoms with Crippen molar-refractivity contribution in [1.82, 2.24) is 10.6 Å². The number of carbonyl (C=O) groups excluding carboxylic acids is 1. The SMILES string of the molecule is C=CCC(O)(CC=C)[C@@H](CCSC)NC(=S)NC(=O)c1ccc(OC)c(I)c1. The molecule has 0 aliphatic heterocycles. The summed E-state index contributed by atoms with van der Waals surface area (Å²) in [5, 5.41) is 17.1. The van der Waals surface area contributed by atoms with E-state index in [0.29, 0.717) is 30.6 Å². The van der Waals surface area contributed by atoms with Crippen molar-refractivity contribution in [2.45, 2.75) is 30.9 Å². The van der Waals surface area contributed by atoms with E-state index < -0.39 is 5.60 Å². The number of carbonyl (C=O) groups is 1. The fourth-order valence-corrected chi connectivity index (χ4v) is 4.20. The van der Waals surface area contributed by atoms with Gasteiger partial charge in [-0.1, -0.05) is 12.2 Å². The number of halogens is 1. The maximum absolute atomic E-state index is 12.5. The molecule has 8 heteroatoms. The first-order chi connectivity index (χ1) is 13.3. The third-order valence-electron chi connectivity index (χ3n) is 4.20. The highest BCUT2D eigenvalue weighted by Crippen LogP contribution is 2.25. The van der Waals surface area contributed by atoms with Crippen LogP contribution in [-0.4, -0.2) is 46.9 Å². The molecule has 0 saturated heterocycles. The molecule has 1 rings (SSSR count). The van der Waals surface area contributed by atoms with Gasteiger partial charge in [0.1, 0.15) is 5.75 Å². The van der Waals surface area contributed by atoms with Crippen LogP contribution in [-0.2, 0) is 0 Å². The predicted octanol–water partition coefficient (Wildman–Crippen LogP) is 3.91. The Hall–Kier alpha value is -1.10. The van der Waals surface area contributed by atoms with E-state index in [0.717, 1.165) is 9.32 Å². The summed E-state index contributed by atoms with van der Waals surface area (Å²) in [6, 6.07) is 4.80. The lowest BCUT2D eigenvalue weighted by atomic mass is 9.85. The van der Waals surface area contributed by atoms with Crippen LogP contribution in [0.5, 0.6) is 5.75 Å². The summed E-state index contributed by atoms with van der Waals surface area (Å²) in [5.74, 6) is 1.22. The molecule has 0 heterocycles. The lowest BCUT2D eigenvalue weighted by molar-refractivity contribution is 0.0120. The second-order valence-corrected chi connectivity index (χ2v) is 8.76. The predicted molar refractivity (Wildman–Crippen MR) is 130 cm³/mol. The van der Waals surface area contributed by atoms with E-state index >= 15 is 0 Å². The summed E-state index contributed by atoms with van der Waals surface area (Å²) in [6.07, 6.45) is 6.81. The summed E-state index contributed by atoms with van der Waals surface area (Å²) >= 11 is 9.12. The van der Waals surface area contributed by atoms with Crippen LogP contribution in [0, 0.1) is 3.57 Å². The minimum absolute atomic E-state index is 0.175. The van der Waals surface area contributed by atoms with Crippen LogP contribution in [0.4, 0.5) is 0 Å². The Balaban J connectivity index is 2.89. The van der Waals surface area contributed by atoms with Gasteiger partial charge >= 0.3 is 0 Å². The van der Waals surface area contributed by atoms with Gasteiger partial charge in [0.2, 0.25) is 0 Å². The molecule has 0 aromatic heterocycles. The Labute approximate surface area is 190 Å². The summed E-state index contributed by atoms with van der Waals surface area (Å²) in [5.41, 5.74) is -0.605. The van der Waals surface area contributed by atoms with Crippen molar-refractivity contribution in [1.29, 1.82) is 0 Å². The van der Waals surface area contributed by atoms with Gasteiger partial charge in [-0.25, -0.2) is 0 Å². The number of thioether (sulfide) groups is 1. The fourth-order valence-electron chi connectivity index (χ4n) is 2.76. The number of benzene rings is 1. The summed E-state index contributed by atoms with van der Waals surface area (Å²) in [6.45, 7) is 7.48. The molecule has 0 fully saturated rings. The number of thiocarbonyl (C=S) groups is 1. The minimum atomic E-state index is -1.08. The van der Waals surface area contributed by atoms with Crippen molar-refractivity contribution >= 4 is 57.6 Å². The number of nitrogens with one attached hydrogen (secondary N) is 2. The third-order valence-corrected chi connectivity index (χ3v) is 5.91. The molecule has 1 aromatic rings. The average molecular weight is 534 g/mol. The fraction of sp³-hybridized carbons (Fsp3) is 0.400. The smallest absolute Gasteiger partial charge is 0.257 e. The lowest BCUT2D eigenvalue weighted by Gasteiger charge is -2.36. The van der Waals surface area contributed by atoms with Crippen LogP contribution >= 0.6 is 46.6 Å². The Bertz CT molecular complexity index is 703. The van der Waals surface area contributed by atoms with Gasteiger partial charge in [0, 0.05) is 5.56 Å². The highest BCUT2D eigenvalue weighted by atomic mass is 127. The van der Waals surface area contributed by atoms with E-state index in [4.69, 9.17) is 17.0 Å². The average Bonchev–Trinajstić information content (AvgIpc) is 2.65. The molecule has 0 radical (unpaired) electrons. The van der Waals surface area contributed by atoms with Crippen LogP contribution in [0.1, 0.15) is 29.6 Å². The molecule has 28 heavy (non-hydrogen) atoms. The molecular formula is C20H27IN2O3S2. The molecule has 1 aromatic carbocycles. The Morgan fingerprint density at radius 1 is 1.43 bits per heavy atom. The Morgan fingerprint density at radius 2 is 2.07 bits per heavy atom. The van der Waals surface area contributed by atoms with E-state index in [-0.39, 0.29) is 17.1 Å². The molecule has 3 N–H and O–H groups in total. The van der Waals surface area contributed by atoms with E-state index in [1.165, 1.54) is 0 Å². The quantitative estimate of drug-likeness (QED) is 0.227. The molecule has 1 atom stereocenters. The van der Waals surface area contributed by atoms with Gasteiger partial charge in [0.15, 0.2) is 5.11 Å². The van der Waals surface area contributed by atoms with Crippen molar-refractivity contribution < 1.29 is 14.6 Å². The van der Waals surface area contributed by atoms with Gasteiger partial charge in [-0.3, -0.25) is 10.1 Å². The lowest BCUT2D eigenvalue weighted by Crippen LogP contribution is -2.55. The maximum Gasteiger partial charge on any atom is 0.257 e. The second-order valence-electron chi connectivity index (χ2n) is 6.20. The molecule has 0 unspecified atom stereocenters.